The largest absolute Gasteiger partial charge is 0.274 e. The second-order valence-corrected chi connectivity index (χ2v) is 4.53. The predicted molar refractivity (Wildman–Crippen MR) is 64.0 cm³/mol. The van der Waals surface area contributed by atoms with E-state index in [4.69, 9.17) is 11.6 Å². The molecule has 2 aromatic rings. The number of aromatic nitrogens is 1. The van der Waals surface area contributed by atoms with E-state index in [0.717, 1.165) is 10.4 Å². The number of aryl methyl sites for hydroxylation is 1. The molecule has 0 unspecified atom stereocenters. The van der Waals surface area contributed by atoms with Crippen molar-refractivity contribution in [3.05, 3.63) is 44.4 Å². The fraction of sp³-hybridized carbons (Fsp3) is 0.100. The SMILES string of the molecule is Cc1ccsc1-c1cc([N+](=O)[O-])cc(Cl)n1. The molecule has 2 aromatic heterocycles. The number of hydrogen-bond donors (Lipinski definition) is 0. The van der Waals surface area contributed by atoms with Crippen LogP contribution in [0.15, 0.2) is 23.6 Å². The highest BCUT2D eigenvalue weighted by Crippen LogP contribution is 2.31. The van der Waals surface area contributed by atoms with Gasteiger partial charge in [-0.15, -0.1) is 11.3 Å². The van der Waals surface area contributed by atoms with Crippen LogP contribution in [0.1, 0.15) is 5.56 Å². The Balaban J connectivity index is 2.58. The summed E-state index contributed by atoms with van der Waals surface area (Å²) in [5.41, 5.74) is 1.54. The number of thiophene rings is 1. The van der Waals surface area contributed by atoms with E-state index in [0.29, 0.717) is 5.69 Å². The van der Waals surface area contributed by atoms with Gasteiger partial charge in [0.05, 0.1) is 21.6 Å². The van der Waals surface area contributed by atoms with Gasteiger partial charge in [-0.05, 0) is 23.9 Å². The molecule has 2 heterocycles. The Kier molecular flexibility index (Phi) is 2.89. The van der Waals surface area contributed by atoms with E-state index in [1.165, 1.54) is 23.5 Å². The summed E-state index contributed by atoms with van der Waals surface area (Å²) in [7, 11) is 0. The van der Waals surface area contributed by atoms with Gasteiger partial charge in [-0.1, -0.05) is 11.6 Å². The van der Waals surface area contributed by atoms with Gasteiger partial charge >= 0.3 is 0 Å². The van der Waals surface area contributed by atoms with Crippen molar-refractivity contribution in [2.45, 2.75) is 6.92 Å². The topological polar surface area (TPSA) is 56.0 Å². The molecule has 0 aromatic carbocycles. The van der Waals surface area contributed by atoms with Crippen LogP contribution in [0.25, 0.3) is 10.6 Å². The first-order valence-electron chi connectivity index (χ1n) is 4.44. The smallest absolute Gasteiger partial charge is 0.258 e. The zero-order chi connectivity index (χ0) is 11.7. The molecule has 4 nitrogen and oxygen atoms in total. The molecule has 0 radical (unpaired) electrons. The van der Waals surface area contributed by atoms with Gasteiger partial charge in [0.25, 0.3) is 5.69 Å². The molecule has 0 atom stereocenters. The normalized spacial score (nSPS) is 10.4. The first-order chi connectivity index (χ1) is 7.58. The van der Waals surface area contributed by atoms with Crippen molar-refractivity contribution in [2.24, 2.45) is 0 Å². The molecule has 0 saturated carbocycles. The molecule has 0 saturated heterocycles. The lowest BCUT2D eigenvalue weighted by Crippen LogP contribution is -1.91. The van der Waals surface area contributed by atoms with E-state index in [1.54, 1.807) is 0 Å². The second-order valence-electron chi connectivity index (χ2n) is 3.22. The summed E-state index contributed by atoms with van der Waals surface area (Å²) in [6.45, 7) is 1.93. The minimum atomic E-state index is -0.472. The van der Waals surface area contributed by atoms with Crippen LogP contribution in [-0.4, -0.2) is 9.91 Å². The Hall–Kier alpha value is -1.46. The summed E-state index contributed by atoms with van der Waals surface area (Å²) < 4.78 is 0. The Morgan fingerprint density at radius 3 is 2.81 bits per heavy atom. The summed E-state index contributed by atoms with van der Waals surface area (Å²) in [5.74, 6) is 0. The summed E-state index contributed by atoms with van der Waals surface area (Å²) in [6.07, 6.45) is 0. The second kappa shape index (κ2) is 4.19. The first kappa shape index (κ1) is 11.0. The van der Waals surface area contributed by atoms with Crippen LogP contribution in [0.5, 0.6) is 0 Å². The van der Waals surface area contributed by atoms with Crippen LogP contribution in [0.4, 0.5) is 5.69 Å². The van der Waals surface area contributed by atoms with E-state index >= 15 is 0 Å². The highest BCUT2D eigenvalue weighted by Gasteiger charge is 2.13. The van der Waals surface area contributed by atoms with Crippen LogP contribution < -0.4 is 0 Å². The monoisotopic (exact) mass is 254 g/mol. The lowest BCUT2D eigenvalue weighted by atomic mass is 10.2. The van der Waals surface area contributed by atoms with Gasteiger partial charge in [0, 0.05) is 6.07 Å². The number of nitrogens with zero attached hydrogens (tertiary/aromatic N) is 2. The average Bonchev–Trinajstić information content (AvgIpc) is 2.63. The van der Waals surface area contributed by atoms with Crippen LogP contribution in [0.3, 0.4) is 0 Å². The number of hydrogen-bond acceptors (Lipinski definition) is 4. The lowest BCUT2D eigenvalue weighted by molar-refractivity contribution is -0.384. The van der Waals surface area contributed by atoms with Crippen molar-refractivity contribution in [2.75, 3.05) is 0 Å². The van der Waals surface area contributed by atoms with E-state index in [1.807, 2.05) is 18.4 Å². The molecule has 16 heavy (non-hydrogen) atoms. The Labute approximate surface area is 101 Å². The average molecular weight is 255 g/mol. The number of nitro groups is 1. The van der Waals surface area contributed by atoms with Gasteiger partial charge in [0.15, 0.2) is 0 Å². The zero-order valence-electron chi connectivity index (χ0n) is 8.31. The Bertz CT molecular complexity index is 554. The lowest BCUT2D eigenvalue weighted by Gasteiger charge is -2.00. The van der Waals surface area contributed by atoms with Crippen molar-refractivity contribution >= 4 is 28.6 Å². The molecule has 0 spiro atoms. The highest BCUT2D eigenvalue weighted by atomic mass is 35.5. The molecule has 0 fully saturated rings. The van der Waals surface area contributed by atoms with Gasteiger partial charge in [0.2, 0.25) is 0 Å². The van der Waals surface area contributed by atoms with Gasteiger partial charge in [-0.25, -0.2) is 4.98 Å². The number of halogens is 1. The van der Waals surface area contributed by atoms with Gasteiger partial charge in [-0.3, -0.25) is 10.1 Å². The fourth-order valence-electron chi connectivity index (χ4n) is 1.34. The van der Waals surface area contributed by atoms with Crippen LogP contribution in [-0.2, 0) is 0 Å². The third-order valence-electron chi connectivity index (χ3n) is 2.08. The molecule has 0 amide bonds. The van der Waals surface area contributed by atoms with Crippen LogP contribution in [0.2, 0.25) is 5.15 Å². The molecule has 0 aliphatic carbocycles. The minimum Gasteiger partial charge on any atom is -0.258 e. The first-order valence-corrected chi connectivity index (χ1v) is 5.70. The van der Waals surface area contributed by atoms with Gasteiger partial charge < -0.3 is 0 Å². The molecule has 0 aliphatic heterocycles. The third-order valence-corrected chi connectivity index (χ3v) is 3.32. The predicted octanol–water partition coefficient (Wildman–Crippen LogP) is 3.68. The van der Waals surface area contributed by atoms with Gasteiger partial charge in [-0.2, -0.15) is 0 Å². The maximum absolute atomic E-state index is 10.7. The number of pyridine rings is 1. The van der Waals surface area contributed by atoms with E-state index in [2.05, 4.69) is 4.98 Å². The van der Waals surface area contributed by atoms with Crippen molar-refractivity contribution in [1.82, 2.24) is 4.98 Å². The van der Waals surface area contributed by atoms with Crippen LogP contribution >= 0.6 is 22.9 Å². The van der Waals surface area contributed by atoms with Crippen molar-refractivity contribution in [1.29, 1.82) is 0 Å². The van der Waals surface area contributed by atoms with E-state index < -0.39 is 4.92 Å². The Morgan fingerprint density at radius 1 is 1.50 bits per heavy atom. The van der Waals surface area contributed by atoms with E-state index in [9.17, 15) is 10.1 Å². The number of rotatable bonds is 2. The molecular formula is C10H7ClN2O2S. The molecule has 0 bridgehead atoms. The quantitative estimate of drug-likeness (QED) is 0.467. The molecule has 82 valence electrons. The standard InChI is InChI=1S/C10H7ClN2O2S/c1-6-2-3-16-10(6)8-4-7(13(14)15)5-9(11)12-8/h2-5H,1H3. The summed E-state index contributed by atoms with van der Waals surface area (Å²) in [4.78, 5) is 15.2. The molecule has 0 N–H and O–H groups in total. The van der Waals surface area contributed by atoms with Crippen molar-refractivity contribution in [3.63, 3.8) is 0 Å². The maximum Gasteiger partial charge on any atom is 0.274 e. The minimum absolute atomic E-state index is 0.0391. The molecule has 0 aliphatic rings. The Morgan fingerprint density at radius 2 is 2.25 bits per heavy atom. The maximum atomic E-state index is 10.7. The van der Waals surface area contributed by atoms with Crippen molar-refractivity contribution < 1.29 is 4.92 Å². The highest BCUT2D eigenvalue weighted by molar-refractivity contribution is 7.13. The molecule has 2 rings (SSSR count). The zero-order valence-corrected chi connectivity index (χ0v) is 9.88. The van der Waals surface area contributed by atoms with Crippen molar-refractivity contribution in [3.8, 4) is 10.6 Å². The third kappa shape index (κ3) is 2.05. The van der Waals surface area contributed by atoms with Gasteiger partial charge in [0.1, 0.15) is 5.15 Å². The summed E-state index contributed by atoms with van der Waals surface area (Å²) in [6, 6.07) is 4.62. The fourth-order valence-corrected chi connectivity index (χ4v) is 2.43. The van der Waals surface area contributed by atoms with E-state index in [-0.39, 0.29) is 10.8 Å². The molecule has 6 heteroatoms. The summed E-state index contributed by atoms with van der Waals surface area (Å²) in [5, 5.41) is 12.7. The van der Waals surface area contributed by atoms with Crippen LogP contribution in [0, 0.1) is 17.0 Å². The molecular weight excluding hydrogens is 248 g/mol. The summed E-state index contributed by atoms with van der Waals surface area (Å²) >= 11 is 7.24.